The van der Waals surface area contributed by atoms with Crippen LogP contribution < -0.4 is 0 Å². The molecule has 3 aromatic heterocycles. The van der Waals surface area contributed by atoms with Crippen molar-refractivity contribution in [3.63, 3.8) is 0 Å². The molecule has 0 fully saturated rings. The maximum Gasteiger partial charge on any atom is 0.325 e. The summed E-state index contributed by atoms with van der Waals surface area (Å²) < 4.78 is 2.68. The minimum absolute atomic E-state index is 0. The van der Waals surface area contributed by atoms with Crippen LogP contribution >= 0.6 is 11.3 Å². The summed E-state index contributed by atoms with van der Waals surface area (Å²) in [6.07, 6.45) is 5.10. The van der Waals surface area contributed by atoms with Gasteiger partial charge in [0, 0.05) is 22.5 Å². The Balaban J connectivity index is 0.000000159. The molecule has 45 heavy (non-hydrogen) atoms. The Morgan fingerprint density at radius 3 is 2.11 bits per heavy atom. The first-order chi connectivity index (χ1) is 20.9. The van der Waals surface area contributed by atoms with Crippen molar-refractivity contribution in [2.45, 2.75) is 41.5 Å². The van der Waals surface area contributed by atoms with Gasteiger partial charge in [0.2, 0.25) is 0 Å². The summed E-state index contributed by atoms with van der Waals surface area (Å²) in [5, 5.41) is 16.0. The van der Waals surface area contributed by atoms with Crippen molar-refractivity contribution in [3.8, 4) is 11.3 Å². The van der Waals surface area contributed by atoms with Gasteiger partial charge < -0.3 is 35.2 Å². The van der Waals surface area contributed by atoms with Crippen LogP contribution in [0.1, 0.15) is 41.5 Å². The van der Waals surface area contributed by atoms with Crippen molar-refractivity contribution in [3.05, 3.63) is 121 Å². The zero-order valence-electron chi connectivity index (χ0n) is 26.3. The van der Waals surface area contributed by atoms with Crippen LogP contribution in [0.4, 0.5) is 0 Å². The minimum atomic E-state index is -0.306. The fourth-order valence-electron chi connectivity index (χ4n) is 4.68. The summed E-state index contributed by atoms with van der Waals surface area (Å²) in [6.45, 7) is 11.4. The molecule has 7 rings (SSSR count). The van der Waals surface area contributed by atoms with Crippen molar-refractivity contribution in [2.24, 2.45) is 10.8 Å². The van der Waals surface area contributed by atoms with Crippen LogP contribution in [0.2, 0.25) is 0 Å². The second-order valence-electron chi connectivity index (χ2n) is 12.7. The van der Waals surface area contributed by atoms with Gasteiger partial charge in [-0.2, -0.15) is 11.3 Å². The SMILES string of the molecule is CC(C)(C)C(=[OH+])/C=C(\O)C(C)(C)C.[Ir-3].[c-]1ccc2sc3cccc4c5cccnc5c1c2c34.[c-]1ccccc1-c1ccccn1. The molecule has 234 valence electrons. The molecule has 0 saturated carbocycles. The number of nitrogens with zero attached hydrogens (tertiary/aromatic N) is 2. The normalized spacial score (nSPS) is 11.9. The van der Waals surface area contributed by atoms with Gasteiger partial charge in [0.05, 0.1) is 11.5 Å². The number of ketones is 1. The van der Waals surface area contributed by atoms with E-state index in [-0.39, 0.29) is 42.5 Å². The number of hydrogen-bond donors (Lipinski definition) is 1. The van der Waals surface area contributed by atoms with Gasteiger partial charge >= 0.3 is 5.78 Å². The van der Waals surface area contributed by atoms with Crippen LogP contribution in [0.3, 0.4) is 0 Å². The second-order valence-corrected chi connectivity index (χ2v) is 13.8. The fourth-order valence-corrected chi connectivity index (χ4v) is 5.82. The monoisotopic (exact) mass is 790 g/mol. The van der Waals surface area contributed by atoms with E-state index in [1.54, 1.807) is 6.20 Å². The summed E-state index contributed by atoms with van der Waals surface area (Å²) in [5.74, 6) is 0.417. The third-order valence-corrected chi connectivity index (χ3v) is 8.37. The first kappa shape index (κ1) is 33.9. The fraction of sp³-hybridized carbons (Fsp3) is 0.205. The third-order valence-electron chi connectivity index (χ3n) is 7.25. The number of aliphatic hydroxyl groups is 1. The van der Waals surface area contributed by atoms with Crippen LogP contribution in [0.15, 0.2) is 109 Å². The number of aliphatic hydroxyl groups excluding tert-OH is 1. The topological polar surface area (TPSA) is 67.4 Å². The number of carbonyl (C=O) groups excluding carboxylic acids is 1. The molecule has 0 aliphatic heterocycles. The van der Waals surface area contributed by atoms with E-state index in [9.17, 15) is 9.90 Å². The standard InChI is InChI=1S/C17H8NS.C11H8N.C11H20O2.Ir/c1-4-10-11-6-3-9-18-17(11)12-5-2-8-14-16(12)15(10)13(7-1)19-14;1-2-6-10(7-3-1)11-8-4-5-9-12-11;1-10(2,3)8(12)7-9(13)11(4,5)6;/h1-4,6-9H;1-6,8-9H;7,12H,1-6H3;/q2*-1;;-3/p+1/b;;8-7-;. The number of fused-ring (bicyclic) bond motifs is 3. The number of aromatic nitrogens is 2. The molecule has 7 aromatic rings. The number of thiophene rings is 1. The maximum absolute atomic E-state index is 9.60. The van der Waals surface area contributed by atoms with E-state index in [2.05, 4.69) is 52.4 Å². The Morgan fingerprint density at radius 1 is 0.733 bits per heavy atom. The van der Waals surface area contributed by atoms with Gasteiger partial charge in [-0.3, -0.25) is 4.79 Å². The molecule has 4 nitrogen and oxygen atoms in total. The molecule has 0 aliphatic rings. The molecule has 0 atom stereocenters. The second kappa shape index (κ2) is 14.0. The van der Waals surface area contributed by atoms with Gasteiger partial charge in [0.15, 0.2) is 0 Å². The molecule has 0 amide bonds. The van der Waals surface area contributed by atoms with E-state index in [1.807, 2.05) is 114 Å². The Bertz CT molecular complexity index is 1930. The summed E-state index contributed by atoms with van der Waals surface area (Å²) >= 11 is 1.85. The van der Waals surface area contributed by atoms with E-state index in [0.29, 0.717) is 0 Å². The molecule has 4 aromatic carbocycles. The van der Waals surface area contributed by atoms with E-state index in [0.717, 1.165) is 22.2 Å². The summed E-state index contributed by atoms with van der Waals surface area (Å²) in [6, 6.07) is 35.1. The van der Waals surface area contributed by atoms with Gasteiger partial charge in [-0.15, -0.1) is 59.5 Å². The summed E-state index contributed by atoms with van der Waals surface area (Å²) in [5.41, 5.74) is 2.46. The minimum Gasteiger partial charge on any atom is -3.00 e. The van der Waals surface area contributed by atoms with Crippen LogP contribution in [0, 0.1) is 23.0 Å². The third kappa shape index (κ3) is 7.65. The van der Waals surface area contributed by atoms with E-state index in [4.69, 9.17) is 0 Å². The van der Waals surface area contributed by atoms with Crippen molar-refractivity contribution >= 4 is 59.0 Å². The zero-order valence-corrected chi connectivity index (χ0v) is 29.6. The zero-order chi connectivity index (χ0) is 31.5. The molecule has 0 bridgehead atoms. The quantitative estimate of drug-likeness (QED) is 0.0624. The molecule has 2 N–H and O–H groups in total. The molecule has 0 aliphatic carbocycles. The molecule has 0 unspecified atom stereocenters. The van der Waals surface area contributed by atoms with Gasteiger partial charge in [-0.1, -0.05) is 56.5 Å². The Morgan fingerprint density at radius 2 is 1.44 bits per heavy atom. The van der Waals surface area contributed by atoms with Crippen LogP contribution in [0.25, 0.3) is 53.1 Å². The van der Waals surface area contributed by atoms with E-state index in [1.165, 1.54) is 37.0 Å². The van der Waals surface area contributed by atoms with Crippen molar-refractivity contribution in [2.75, 3.05) is 0 Å². The Labute approximate surface area is 282 Å². The molecule has 6 heteroatoms. The number of rotatable bonds is 2. The smallest absolute Gasteiger partial charge is 0.325 e. The van der Waals surface area contributed by atoms with Crippen LogP contribution in [-0.4, -0.2) is 25.7 Å². The van der Waals surface area contributed by atoms with Gasteiger partial charge in [0.25, 0.3) is 0 Å². The predicted molar refractivity (Wildman–Crippen MR) is 187 cm³/mol. The van der Waals surface area contributed by atoms with Gasteiger partial charge in [0.1, 0.15) is 5.76 Å². The number of hydrogen-bond acceptors (Lipinski definition) is 4. The summed E-state index contributed by atoms with van der Waals surface area (Å²) in [4.78, 5) is 18.4. The van der Waals surface area contributed by atoms with Gasteiger partial charge in [-0.25, -0.2) is 0 Å². The molecule has 0 radical (unpaired) electrons. The van der Waals surface area contributed by atoms with Crippen LogP contribution in [-0.2, 0) is 20.1 Å². The molecular weight excluding hydrogens is 753 g/mol. The Kier molecular flexibility index (Phi) is 10.5. The molecule has 0 spiro atoms. The molecule has 0 saturated heterocycles. The predicted octanol–water partition coefficient (Wildman–Crippen LogP) is 10.6. The number of allylic oxidation sites excluding steroid dienone is 2. The summed E-state index contributed by atoms with van der Waals surface area (Å²) in [7, 11) is 0. The number of pyridine rings is 2. The van der Waals surface area contributed by atoms with Crippen molar-refractivity contribution < 1.29 is 30.0 Å². The first-order valence-corrected chi connectivity index (χ1v) is 15.4. The van der Waals surface area contributed by atoms with E-state index >= 15 is 0 Å². The number of benzene rings is 4. The molecule has 3 heterocycles. The maximum atomic E-state index is 9.60. The largest absolute Gasteiger partial charge is 3.00 e. The van der Waals surface area contributed by atoms with E-state index < -0.39 is 0 Å². The average Bonchev–Trinajstić information content (AvgIpc) is 3.41. The average molecular weight is 790 g/mol. The van der Waals surface area contributed by atoms with Gasteiger partial charge in [-0.05, 0) is 71.0 Å². The Hall–Kier alpha value is -3.96. The van der Waals surface area contributed by atoms with Crippen molar-refractivity contribution in [1.29, 1.82) is 0 Å². The first-order valence-electron chi connectivity index (χ1n) is 14.6. The van der Waals surface area contributed by atoms with Crippen LogP contribution in [0.5, 0.6) is 0 Å². The van der Waals surface area contributed by atoms with Crippen molar-refractivity contribution in [1.82, 2.24) is 9.97 Å². The molecular formula is C39H37IrN2O2S-4.